The lowest BCUT2D eigenvalue weighted by Crippen LogP contribution is -2.31. The van der Waals surface area contributed by atoms with Crippen LogP contribution in [-0.2, 0) is 0 Å². The molecule has 0 radical (unpaired) electrons. The van der Waals surface area contributed by atoms with E-state index in [1.54, 1.807) is 38.0 Å². The number of rotatable bonds is 5. The molecule has 192 valence electrons. The van der Waals surface area contributed by atoms with E-state index in [-0.39, 0.29) is 0 Å². The highest BCUT2D eigenvalue weighted by Crippen LogP contribution is 2.38. The summed E-state index contributed by atoms with van der Waals surface area (Å²) >= 11 is 0. The minimum absolute atomic E-state index is 0.478. The molecule has 37 heavy (non-hydrogen) atoms. The van der Waals surface area contributed by atoms with Gasteiger partial charge in [0.15, 0.2) is 5.82 Å². The van der Waals surface area contributed by atoms with Crippen molar-refractivity contribution in [3.05, 3.63) is 60.7 Å². The molecule has 9 heteroatoms. The smallest absolute Gasteiger partial charge is 0.165 e. The molecule has 0 saturated carbocycles. The first-order valence-electron chi connectivity index (χ1n) is 12.5. The predicted octanol–water partition coefficient (Wildman–Crippen LogP) is 4.33. The molecule has 4 N–H and O–H groups in total. The fourth-order valence-electron chi connectivity index (χ4n) is 4.51. The first-order chi connectivity index (χ1) is 18.0. The van der Waals surface area contributed by atoms with E-state index >= 15 is 0 Å². The quantitative estimate of drug-likeness (QED) is 0.308. The third-order valence-corrected chi connectivity index (χ3v) is 6.57. The Labute approximate surface area is 217 Å². The van der Waals surface area contributed by atoms with Gasteiger partial charge >= 0.3 is 0 Å². The maximum Gasteiger partial charge on any atom is 0.165 e. The van der Waals surface area contributed by atoms with Crippen molar-refractivity contribution in [1.29, 1.82) is 5.26 Å². The van der Waals surface area contributed by atoms with E-state index in [4.69, 9.17) is 21.6 Å². The van der Waals surface area contributed by atoms with Gasteiger partial charge in [-0.1, -0.05) is 18.6 Å². The molecule has 3 aromatic heterocycles. The lowest BCUT2D eigenvalue weighted by Gasteiger charge is -2.20. The summed E-state index contributed by atoms with van der Waals surface area (Å²) in [6.45, 7) is 5.15. The third kappa shape index (κ3) is 5.66. The highest BCUT2D eigenvalue weighted by molar-refractivity contribution is 5.87. The lowest BCUT2D eigenvalue weighted by atomic mass is 9.98. The van der Waals surface area contributed by atoms with E-state index in [0.29, 0.717) is 29.4 Å². The number of methoxy groups -OCH3 is 1. The normalized spacial score (nSPS) is 13.5. The number of hydrogen-bond acceptors (Lipinski definition) is 8. The van der Waals surface area contributed by atoms with Crippen molar-refractivity contribution in [2.45, 2.75) is 26.2 Å². The van der Waals surface area contributed by atoms with Crippen LogP contribution in [0.2, 0.25) is 0 Å². The molecule has 1 aliphatic rings. The van der Waals surface area contributed by atoms with Crippen LogP contribution in [0.3, 0.4) is 0 Å². The van der Waals surface area contributed by atoms with Gasteiger partial charge in [0.25, 0.3) is 0 Å². The highest BCUT2D eigenvalue weighted by atomic mass is 16.5. The van der Waals surface area contributed by atoms with Crippen LogP contribution in [0.5, 0.6) is 5.75 Å². The summed E-state index contributed by atoms with van der Waals surface area (Å²) in [7, 11) is 3.82. The van der Waals surface area contributed by atoms with Gasteiger partial charge < -0.3 is 15.4 Å². The second kappa shape index (κ2) is 11.7. The van der Waals surface area contributed by atoms with Crippen LogP contribution in [-0.4, -0.2) is 53.1 Å². The molecule has 0 spiro atoms. The molecule has 1 fully saturated rings. The number of likely N-dealkylation sites (tertiary alicyclic amines) is 1. The van der Waals surface area contributed by atoms with Gasteiger partial charge in [-0.15, -0.1) is 0 Å². The number of nitriles is 1. The Kier molecular flexibility index (Phi) is 8.23. The van der Waals surface area contributed by atoms with Gasteiger partial charge in [0.05, 0.1) is 42.6 Å². The first kappa shape index (κ1) is 25.9. The predicted molar refractivity (Wildman–Crippen MR) is 148 cm³/mol. The maximum absolute atomic E-state index is 9.13. The average Bonchev–Trinajstić information content (AvgIpc) is 3.42. The first-order valence-corrected chi connectivity index (χ1v) is 12.5. The Morgan fingerprint density at radius 1 is 1.08 bits per heavy atom. The number of pyridine rings is 2. The molecule has 0 bridgehead atoms. The van der Waals surface area contributed by atoms with Crippen LogP contribution in [0.25, 0.3) is 27.9 Å². The van der Waals surface area contributed by atoms with Gasteiger partial charge in [-0.2, -0.15) is 5.26 Å². The molecular formula is C28H34N8O. The van der Waals surface area contributed by atoms with E-state index in [1.807, 2.05) is 35.6 Å². The minimum Gasteiger partial charge on any atom is -0.494 e. The number of piperidine rings is 1. The molecule has 0 atom stereocenters. The van der Waals surface area contributed by atoms with Crippen LogP contribution in [0, 0.1) is 11.3 Å². The number of nitrogen functional groups attached to an aromatic ring is 1. The van der Waals surface area contributed by atoms with Crippen LogP contribution in [0.1, 0.15) is 31.7 Å². The van der Waals surface area contributed by atoms with Crippen molar-refractivity contribution < 1.29 is 4.74 Å². The van der Waals surface area contributed by atoms with Crippen molar-refractivity contribution in [1.82, 2.24) is 19.3 Å². The Balaban J connectivity index is 0.000000396. The van der Waals surface area contributed by atoms with Crippen LogP contribution >= 0.6 is 0 Å². The number of hydrazine groups is 1. The average molecular weight is 499 g/mol. The van der Waals surface area contributed by atoms with Crippen molar-refractivity contribution in [2.24, 2.45) is 5.84 Å². The molecule has 0 aliphatic carbocycles. The molecule has 4 aromatic rings. The van der Waals surface area contributed by atoms with Crippen LogP contribution in [0.15, 0.2) is 55.1 Å². The second-order valence-corrected chi connectivity index (χ2v) is 9.10. The topological polar surface area (TPSA) is 122 Å². The molecule has 9 nitrogen and oxygen atoms in total. The molecule has 5 rings (SSSR count). The zero-order chi connectivity index (χ0) is 26.4. The zero-order valence-corrected chi connectivity index (χ0v) is 21.7. The molecule has 0 unspecified atom stereocenters. The van der Waals surface area contributed by atoms with Crippen molar-refractivity contribution in [3.8, 4) is 34.2 Å². The molecule has 4 heterocycles. The SMILES string of the molecule is CCN(N)c1ncc(-c2c(-c3ccc(C#N)cc3)cc(OC)c3cncn23)cc1N.CN1CCCCC1. The van der Waals surface area contributed by atoms with E-state index < -0.39 is 0 Å². The summed E-state index contributed by atoms with van der Waals surface area (Å²) in [5, 5.41) is 10.6. The number of nitrogens with zero attached hydrogens (tertiary/aromatic N) is 6. The summed E-state index contributed by atoms with van der Waals surface area (Å²) in [6, 6.07) is 13.3. The van der Waals surface area contributed by atoms with Crippen molar-refractivity contribution in [2.75, 3.05) is 44.5 Å². The summed E-state index contributed by atoms with van der Waals surface area (Å²) in [5.74, 6) is 7.19. The molecule has 1 aliphatic heterocycles. The van der Waals surface area contributed by atoms with Crippen molar-refractivity contribution >= 4 is 17.0 Å². The van der Waals surface area contributed by atoms with Crippen LogP contribution < -0.4 is 21.3 Å². The third-order valence-electron chi connectivity index (χ3n) is 6.57. The minimum atomic E-state index is 0.478. The number of aromatic nitrogens is 3. The standard InChI is InChI=1S/C22H21N7O.C6H13N/c1-3-29(25)22-18(24)8-16(11-27-22)21-17(15-6-4-14(10-23)5-7-15)9-20(30-2)19-12-26-13-28(19)21;1-7-5-3-2-4-6-7/h4-9,11-13H,3,24-25H2,1-2H3;2-6H2,1H3. The fourth-order valence-corrected chi connectivity index (χ4v) is 4.51. The lowest BCUT2D eigenvalue weighted by molar-refractivity contribution is 0.277. The van der Waals surface area contributed by atoms with Gasteiger partial charge in [0, 0.05) is 23.9 Å². The zero-order valence-electron chi connectivity index (χ0n) is 21.7. The van der Waals surface area contributed by atoms with Crippen molar-refractivity contribution in [3.63, 3.8) is 0 Å². The molecule has 1 aromatic carbocycles. The molecule has 1 saturated heterocycles. The highest BCUT2D eigenvalue weighted by Gasteiger charge is 2.18. The fraction of sp³-hybridized carbons (Fsp3) is 0.321. The second-order valence-electron chi connectivity index (χ2n) is 9.10. The van der Waals surface area contributed by atoms with Crippen LogP contribution in [0.4, 0.5) is 11.5 Å². The molecule has 0 amide bonds. The Hall–Kier alpha value is -4.13. The summed E-state index contributed by atoms with van der Waals surface area (Å²) in [4.78, 5) is 11.2. The maximum atomic E-state index is 9.13. The van der Waals surface area contributed by atoms with E-state index in [9.17, 15) is 0 Å². The van der Waals surface area contributed by atoms with Gasteiger partial charge in [0.2, 0.25) is 0 Å². The number of benzene rings is 1. The Bertz CT molecular complexity index is 1380. The number of ether oxygens (including phenoxy) is 1. The van der Waals surface area contributed by atoms with E-state index in [2.05, 4.69) is 28.0 Å². The number of imidazole rings is 1. The monoisotopic (exact) mass is 498 g/mol. The summed E-state index contributed by atoms with van der Waals surface area (Å²) < 4.78 is 7.54. The number of fused-ring (bicyclic) bond motifs is 1. The van der Waals surface area contributed by atoms with Gasteiger partial charge in [-0.05, 0) is 69.7 Å². The number of anilines is 2. The Morgan fingerprint density at radius 2 is 1.81 bits per heavy atom. The van der Waals surface area contributed by atoms with E-state index in [0.717, 1.165) is 27.9 Å². The molecular weight excluding hydrogens is 464 g/mol. The summed E-state index contributed by atoms with van der Waals surface area (Å²) in [5.41, 5.74) is 11.7. The number of hydrogen-bond donors (Lipinski definition) is 2. The van der Waals surface area contributed by atoms with Gasteiger partial charge in [-0.3, -0.25) is 9.41 Å². The number of nitrogens with two attached hydrogens (primary N) is 2. The largest absolute Gasteiger partial charge is 0.494 e. The van der Waals surface area contributed by atoms with Gasteiger partial charge in [-0.25, -0.2) is 15.8 Å². The van der Waals surface area contributed by atoms with Gasteiger partial charge in [0.1, 0.15) is 11.3 Å². The Morgan fingerprint density at radius 3 is 2.38 bits per heavy atom. The van der Waals surface area contributed by atoms with E-state index in [1.165, 1.54) is 37.4 Å². The summed E-state index contributed by atoms with van der Waals surface area (Å²) in [6.07, 6.45) is 9.49.